The van der Waals surface area contributed by atoms with Gasteiger partial charge in [0.2, 0.25) is 0 Å². The molecular weight excluding hydrogens is 194 g/mol. The highest BCUT2D eigenvalue weighted by molar-refractivity contribution is 4.85. The van der Waals surface area contributed by atoms with Gasteiger partial charge in [-0.05, 0) is 19.4 Å². The number of hydrogen-bond acceptors (Lipinski definition) is 4. The van der Waals surface area contributed by atoms with Gasteiger partial charge in [0.15, 0.2) is 0 Å². The van der Waals surface area contributed by atoms with Crippen LogP contribution >= 0.6 is 0 Å². The fourth-order valence-electron chi connectivity index (χ4n) is 1.68. The van der Waals surface area contributed by atoms with Gasteiger partial charge in [-0.25, -0.2) is 0 Å². The zero-order valence-corrected chi connectivity index (χ0v) is 9.83. The van der Waals surface area contributed by atoms with Crippen LogP contribution in [0.3, 0.4) is 0 Å². The first kappa shape index (κ1) is 12.9. The van der Waals surface area contributed by atoms with Gasteiger partial charge in [0.25, 0.3) is 0 Å². The van der Waals surface area contributed by atoms with Crippen molar-refractivity contribution in [3.8, 4) is 0 Å². The molecule has 1 fully saturated rings. The Morgan fingerprint density at radius 2 is 1.87 bits per heavy atom. The lowest BCUT2D eigenvalue weighted by Gasteiger charge is -2.35. The Labute approximate surface area is 92.3 Å². The van der Waals surface area contributed by atoms with Gasteiger partial charge in [0.05, 0.1) is 32.5 Å². The van der Waals surface area contributed by atoms with Crippen LogP contribution in [0, 0.1) is 0 Å². The average molecular weight is 217 g/mol. The quantitative estimate of drug-likeness (QED) is 0.580. The second-order valence-electron chi connectivity index (χ2n) is 3.82. The molecule has 1 aliphatic carbocycles. The Bertz CT molecular complexity index is 149. The lowest BCUT2D eigenvalue weighted by molar-refractivity contribution is -0.0459. The molecule has 0 spiro atoms. The number of nitrogens with one attached hydrogen (secondary N) is 1. The third-order valence-corrected chi connectivity index (χ3v) is 2.60. The summed E-state index contributed by atoms with van der Waals surface area (Å²) >= 11 is 0. The van der Waals surface area contributed by atoms with E-state index in [2.05, 4.69) is 12.2 Å². The van der Waals surface area contributed by atoms with Crippen molar-refractivity contribution in [1.29, 1.82) is 0 Å². The van der Waals surface area contributed by atoms with Crippen LogP contribution in [-0.4, -0.2) is 52.2 Å². The first-order chi connectivity index (χ1) is 7.36. The first-order valence-corrected chi connectivity index (χ1v) is 5.78. The molecule has 0 aromatic carbocycles. The van der Waals surface area contributed by atoms with Gasteiger partial charge < -0.3 is 19.5 Å². The summed E-state index contributed by atoms with van der Waals surface area (Å²) < 4.78 is 15.8. The minimum absolute atomic E-state index is 0.445. The van der Waals surface area contributed by atoms with Gasteiger partial charge in [-0.2, -0.15) is 0 Å². The second kappa shape index (κ2) is 8.05. The van der Waals surface area contributed by atoms with Crippen LogP contribution in [0.2, 0.25) is 0 Å². The van der Waals surface area contributed by atoms with Gasteiger partial charge >= 0.3 is 0 Å². The summed E-state index contributed by atoms with van der Waals surface area (Å²) in [6, 6.07) is 0.675. The molecule has 0 aromatic heterocycles. The Morgan fingerprint density at radius 1 is 1.13 bits per heavy atom. The van der Waals surface area contributed by atoms with E-state index in [1.807, 2.05) is 0 Å². The predicted octanol–water partition coefficient (Wildman–Crippen LogP) is 0.806. The molecule has 4 nitrogen and oxygen atoms in total. The molecule has 1 aliphatic rings. The first-order valence-electron chi connectivity index (χ1n) is 5.78. The van der Waals surface area contributed by atoms with Crippen molar-refractivity contribution in [2.75, 3.05) is 40.1 Å². The van der Waals surface area contributed by atoms with Gasteiger partial charge in [-0.15, -0.1) is 0 Å². The molecule has 0 unspecified atom stereocenters. The number of methoxy groups -OCH3 is 1. The summed E-state index contributed by atoms with van der Waals surface area (Å²) in [4.78, 5) is 0. The normalized spacial score (nSPS) is 25.2. The molecule has 15 heavy (non-hydrogen) atoms. The van der Waals surface area contributed by atoms with Crippen molar-refractivity contribution in [1.82, 2.24) is 5.32 Å². The van der Waals surface area contributed by atoms with Crippen LogP contribution in [0.1, 0.15) is 19.8 Å². The van der Waals surface area contributed by atoms with Gasteiger partial charge in [-0.3, -0.25) is 0 Å². The summed E-state index contributed by atoms with van der Waals surface area (Å²) in [5, 5.41) is 3.40. The molecule has 0 amide bonds. The monoisotopic (exact) mass is 217 g/mol. The maximum absolute atomic E-state index is 5.63. The Morgan fingerprint density at radius 3 is 2.53 bits per heavy atom. The Hall–Kier alpha value is -0.160. The van der Waals surface area contributed by atoms with Crippen LogP contribution in [0.15, 0.2) is 0 Å². The molecule has 0 aliphatic heterocycles. The predicted molar refractivity (Wildman–Crippen MR) is 59.1 cm³/mol. The second-order valence-corrected chi connectivity index (χ2v) is 3.82. The highest BCUT2D eigenvalue weighted by Gasteiger charge is 2.28. The molecule has 0 aromatic rings. The van der Waals surface area contributed by atoms with E-state index in [4.69, 9.17) is 14.2 Å². The summed E-state index contributed by atoms with van der Waals surface area (Å²) in [6.45, 7) is 5.88. The zero-order chi connectivity index (χ0) is 10.9. The smallest absolute Gasteiger partial charge is 0.0704 e. The topological polar surface area (TPSA) is 39.7 Å². The summed E-state index contributed by atoms with van der Waals surface area (Å²) in [5.74, 6) is 0. The van der Waals surface area contributed by atoms with E-state index >= 15 is 0 Å². The van der Waals surface area contributed by atoms with Crippen molar-refractivity contribution in [2.45, 2.75) is 31.9 Å². The molecule has 4 heteroatoms. The van der Waals surface area contributed by atoms with E-state index < -0.39 is 0 Å². The van der Waals surface area contributed by atoms with Gasteiger partial charge in [-0.1, -0.05) is 6.92 Å². The Kier molecular flexibility index (Phi) is 6.92. The third-order valence-electron chi connectivity index (χ3n) is 2.60. The molecule has 1 N–H and O–H groups in total. The van der Waals surface area contributed by atoms with Crippen molar-refractivity contribution in [3.63, 3.8) is 0 Å². The standard InChI is InChI=1S/C11H23NO3/c1-3-12-10-8-11(9-10)15-7-6-14-5-4-13-2/h10-12H,3-9H2,1-2H3. The van der Waals surface area contributed by atoms with E-state index in [0.29, 0.717) is 38.6 Å². The molecular formula is C11H23NO3. The van der Waals surface area contributed by atoms with Crippen molar-refractivity contribution in [2.24, 2.45) is 0 Å². The van der Waals surface area contributed by atoms with Crippen LogP contribution in [0.5, 0.6) is 0 Å². The van der Waals surface area contributed by atoms with Crippen LogP contribution in [0.25, 0.3) is 0 Å². The number of rotatable bonds is 9. The molecule has 90 valence electrons. The molecule has 0 atom stereocenters. The van der Waals surface area contributed by atoms with E-state index in [9.17, 15) is 0 Å². The van der Waals surface area contributed by atoms with E-state index in [1.165, 1.54) is 0 Å². The third kappa shape index (κ3) is 5.47. The van der Waals surface area contributed by atoms with Crippen molar-refractivity contribution >= 4 is 0 Å². The molecule has 0 bridgehead atoms. The molecule has 1 rings (SSSR count). The van der Waals surface area contributed by atoms with E-state index in [1.54, 1.807) is 7.11 Å². The fourth-order valence-corrected chi connectivity index (χ4v) is 1.68. The molecule has 0 heterocycles. The SMILES string of the molecule is CCNC1CC(OCCOCCOC)C1. The molecule has 0 saturated heterocycles. The van der Waals surface area contributed by atoms with Crippen molar-refractivity contribution < 1.29 is 14.2 Å². The highest BCUT2D eigenvalue weighted by atomic mass is 16.5. The highest BCUT2D eigenvalue weighted by Crippen LogP contribution is 2.22. The fraction of sp³-hybridized carbons (Fsp3) is 1.00. The van der Waals surface area contributed by atoms with Crippen LogP contribution in [-0.2, 0) is 14.2 Å². The number of hydrogen-bond donors (Lipinski definition) is 1. The maximum Gasteiger partial charge on any atom is 0.0704 e. The van der Waals surface area contributed by atoms with Crippen LogP contribution in [0.4, 0.5) is 0 Å². The molecule has 0 radical (unpaired) electrons. The maximum atomic E-state index is 5.63. The van der Waals surface area contributed by atoms with Crippen LogP contribution < -0.4 is 5.32 Å². The zero-order valence-electron chi connectivity index (χ0n) is 9.83. The minimum Gasteiger partial charge on any atom is -0.382 e. The largest absolute Gasteiger partial charge is 0.382 e. The summed E-state index contributed by atoms with van der Waals surface area (Å²) in [7, 11) is 1.68. The molecule has 1 saturated carbocycles. The lowest BCUT2D eigenvalue weighted by atomic mass is 9.89. The number of ether oxygens (including phenoxy) is 3. The van der Waals surface area contributed by atoms with Crippen molar-refractivity contribution in [3.05, 3.63) is 0 Å². The minimum atomic E-state index is 0.445. The average Bonchev–Trinajstić information content (AvgIpc) is 2.19. The van der Waals surface area contributed by atoms with E-state index in [-0.39, 0.29) is 0 Å². The van der Waals surface area contributed by atoms with E-state index in [0.717, 1.165) is 19.4 Å². The van der Waals surface area contributed by atoms with Gasteiger partial charge in [0, 0.05) is 13.2 Å². The summed E-state index contributed by atoms with van der Waals surface area (Å²) in [6.07, 6.45) is 2.73. The summed E-state index contributed by atoms with van der Waals surface area (Å²) in [5.41, 5.74) is 0. The Balaban J connectivity index is 1.78. The van der Waals surface area contributed by atoms with Gasteiger partial charge in [0.1, 0.15) is 0 Å². The lowest BCUT2D eigenvalue weighted by Crippen LogP contribution is -2.45.